The number of piperidine rings is 9. The predicted octanol–water partition coefficient (Wildman–Crippen LogP) is 6.78. The number of fused-ring (bicyclic) bond motifs is 6. The van der Waals surface area contributed by atoms with Crippen LogP contribution < -0.4 is 85.0 Å². The third kappa shape index (κ3) is 23.1. The van der Waals surface area contributed by atoms with Crippen molar-refractivity contribution in [1.29, 1.82) is 0 Å². The Morgan fingerprint density at radius 2 is 0.775 bits per heavy atom. The monoisotopic (exact) mass is 1930 g/mol. The smallest absolute Gasteiger partial charge is 0.335 e. The molecule has 138 heavy (non-hydrogen) atoms. The number of nitrogens with zero attached hydrogens (tertiary/aromatic N) is 7. The summed E-state index contributed by atoms with van der Waals surface area (Å²) in [6, 6.07) is 62.3. The molecule has 0 aliphatic carbocycles. The SMILES string of the molecule is C.CC(C)c1ccc(N2C(=O)C3(CCNCC3)C2c2ccc(OCc3ccc(C[N+]45CCC(CC4)CC5)cc3)cc2)cc1.CC(NC(=O)COc1ccc(C2N(c3ccc(OCc4ccc(C[N+]56CCC(CC5)CC6)cc4)cc3)C(=O)C23CCNCC3)cc1)C(=O)N(C)CC(=O)O.CN(CC(=O)O)C(=O)CNC(=O)COc1ccc(C2N(c3cccc(C(=O)O)c3)C(=O)C23CCNCC3)cc1.[Cl-].[Cl-]. The molecule has 12 aliphatic heterocycles. The van der Waals surface area contributed by atoms with Crippen LogP contribution in [-0.2, 0) is 69.5 Å². The van der Waals surface area contributed by atoms with Crippen molar-refractivity contribution in [3.63, 3.8) is 0 Å². The van der Waals surface area contributed by atoms with E-state index in [1.807, 2.05) is 58.3 Å². The number of anilines is 3. The molecule has 0 radical (unpaired) electrons. The summed E-state index contributed by atoms with van der Waals surface area (Å²) in [6.45, 7) is 20.1. The number of likely N-dealkylation sites (N-methyl/N-ethyl adjacent to an activating group) is 2. The molecule has 12 heterocycles. The largest absolute Gasteiger partial charge is 1.00 e. The molecular formula is C107H132Cl2N12O17. The first kappa shape index (κ1) is 103. The summed E-state index contributed by atoms with van der Waals surface area (Å²) >= 11 is 0. The molecular weight excluding hydrogens is 1800 g/mol. The lowest BCUT2D eigenvalue weighted by molar-refractivity contribution is -0.955. The van der Waals surface area contributed by atoms with Crippen molar-refractivity contribution in [2.45, 2.75) is 162 Å². The van der Waals surface area contributed by atoms with E-state index in [0.717, 1.165) is 120 Å². The number of quaternary nitrogens is 2. The van der Waals surface area contributed by atoms with Gasteiger partial charge in [-0.25, -0.2) is 4.79 Å². The number of halogens is 2. The molecule has 20 rings (SSSR count). The van der Waals surface area contributed by atoms with Crippen LogP contribution in [0.3, 0.4) is 0 Å². The second kappa shape index (κ2) is 45.3. The van der Waals surface area contributed by atoms with Gasteiger partial charge in [0.25, 0.3) is 11.8 Å². The Morgan fingerprint density at radius 3 is 1.14 bits per heavy atom. The van der Waals surface area contributed by atoms with Gasteiger partial charge in [0, 0.05) is 42.3 Å². The molecule has 12 saturated heterocycles. The van der Waals surface area contributed by atoms with Crippen LogP contribution in [0.25, 0.3) is 0 Å². The van der Waals surface area contributed by atoms with Crippen molar-refractivity contribution in [1.82, 2.24) is 36.4 Å². The number of nitrogens with one attached hydrogen (secondary N) is 5. The highest BCUT2D eigenvalue weighted by Crippen LogP contribution is 2.60. The number of benzene rings is 8. The number of carboxylic acids is 3. The molecule has 12 fully saturated rings. The van der Waals surface area contributed by atoms with Crippen molar-refractivity contribution >= 4 is 76.3 Å². The van der Waals surface area contributed by atoms with Gasteiger partial charge in [0.2, 0.25) is 29.5 Å². The van der Waals surface area contributed by atoms with Crippen LogP contribution in [0.15, 0.2) is 194 Å². The number of hydrogen-bond acceptors (Lipinski definition) is 17. The van der Waals surface area contributed by atoms with E-state index in [2.05, 4.69) is 137 Å². The van der Waals surface area contributed by atoms with Gasteiger partial charge < -0.3 is 119 Å². The molecule has 8 aromatic carbocycles. The zero-order valence-corrected chi connectivity index (χ0v) is 80.3. The third-order valence-electron chi connectivity index (χ3n) is 30.1. The number of aromatic carboxylic acids is 1. The molecule has 12 aliphatic rings. The Labute approximate surface area is 821 Å². The highest BCUT2D eigenvalue weighted by Gasteiger charge is 2.64. The molecule has 8 aromatic rings. The molecule has 0 saturated carbocycles. The standard InChI is InChI=1S/C42H51N5O7.C37H46N3O2.C27H30N4O8.CH4.2ClH/c1-29(40(51)45(2)25-38(49)50)44-37(48)28-54-35-11-7-33(8-12-35)39-42(18-20-43-21-19-42)41(52)46(39)34-9-13-36(14-10-34)53-27-32-5-3-31(4-6-32)26-47-22-15-30(16-23-47)17-24-47;1-27(2)31-7-11-33(12-8-31)39-35(37(36(39)41)18-20-38-21-19-37)32-9-13-34(14-10-32)42-26-30-5-3-29(4-6-30)25-40-22-15-28(16-23-40)17-24-40;1-30(15-23(34)35)22(33)14-29-21(32)16-39-20-7-5-17(6-8-20)24-27(9-11-28-12-10-27)26(38)31(24)19-4-2-3-18(13-19)25(36)37;;;/h3-14,29-30,39,43H,15-28H2,1-2H3,(H-,44,48,49,50);3-14,27-28,35,38H,15-26H2,1-2H3;2-8,13,24,28H,9-12,14-16H2,1H3,(H,29,32)(H,34,35)(H,36,37);1H4;2*1H/q;+1;;;;/p-1. The van der Waals surface area contributed by atoms with E-state index in [1.165, 1.54) is 154 Å². The Hall–Kier alpha value is -12.0. The maximum Gasteiger partial charge on any atom is 0.335 e. The van der Waals surface area contributed by atoms with E-state index in [0.29, 0.717) is 62.2 Å². The first-order valence-electron chi connectivity index (χ1n) is 47.9. The Balaban J connectivity index is 0.000000176. The minimum Gasteiger partial charge on any atom is -1.00 e. The van der Waals surface area contributed by atoms with Crippen molar-refractivity contribution in [2.75, 3.05) is 140 Å². The molecule has 4 bridgehead atoms. The summed E-state index contributed by atoms with van der Waals surface area (Å²) in [7, 11) is 2.69. The van der Waals surface area contributed by atoms with E-state index >= 15 is 0 Å². The molecule has 7 amide bonds. The molecule has 3 spiro atoms. The van der Waals surface area contributed by atoms with Gasteiger partial charge in [-0.1, -0.05) is 124 Å². The van der Waals surface area contributed by atoms with Gasteiger partial charge in [0.05, 0.1) is 85.7 Å². The van der Waals surface area contributed by atoms with Gasteiger partial charge >= 0.3 is 17.9 Å². The third-order valence-corrected chi connectivity index (χ3v) is 30.1. The molecule has 8 N–H and O–H groups in total. The van der Waals surface area contributed by atoms with Crippen LogP contribution in [0, 0.1) is 28.1 Å². The molecule has 736 valence electrons. The lowest BCUT2D eigenvalue weighted by Gasteiger charge is -2.58. The lowest BCUT2D eigenvalue weighted by atomic mass is 9.62. The minimum absolute atomic E-state index is 0. The zero-order valence-electron chi connectivity index (χ0n) is 78.8. The Morgan fingerprint density at radius 1 is 0.435 bits per heavy atom. The van der Waals surface area contributed by atoms with Crippen molar-refractivity contribution in [2.24, 2.45) is 28.1 Å². The van der Waals surface area contributed by atoms with Crippen LogP contribution in [0.2, 0.25) is 0 Å². The normalized spacial score (nSPS) is 22.2. The fourth-order valence-electron chi connectivity index (χ4n) is 22.2. The number of carboxylic acid groups (broad SMARTS) is 3. The number of amides is 7. The van der Waals surface area contributed by atoms with E-state index in [4.69, 9.17) is 29.2 Å². The van der Waals surface area contributed by atoms with E-state index in [9.17, 15) is 53.1 Å². The molecule has 0 aromatic heterocycles. The predicted molar refractivity (Wildman–Crippen MR) is 516 cm³/mol. The minimum atomic E-state index is -1.15. The highest BCUT2D eigenvalue weighted by molar-refractivity contribution is 6.09. The van der Waals surface area contributed by atoms with Crippen LogP contribution in [-0.4, -0.2) is 225 Å². The quantitative estimate of drug-likeness (QED) is 0.0159. The Kier molecular flexibility index (Phi) is 34.0. The molecule has 29 nitrogen and oxygen atoms in total. The summed E-state index contributed by atoms with van der Waals surface area (Å²) < 4.78 is 26.2. The number of ether oxygens (including phenoxy) is 4. The van der Waals surface area contributed by atoms with E-state index < -0.39 is 71.5 Å². The first-order chi connectivity index (χ1) is 65.1. The fraction of sp³-hybridized carbons (Fsp3) is 0.458. The van der Waals surface area contributed by atoms with Gasteiger partial charge in [-0.05, 0) is 265 Å². The fourth-order valence-corrected chi connectivity index (χ4v) is 22.2. The van der Waals surface area contributed by atoms with Crippen LogP contribution in [0.5, 0.6) is 23.0 Å². The number of rotatable bonds is 32. The number of β-lactam (4-membered cyclic amide) rings is 3. The highest BCUT2D eigenvalue weighted by atomic mass is 35.5. The van der Waals surface area contributed by atoms with Crippen LogP contribution in [0.4, 0.5) is 17.1 Å². The van der Waals surface area contributed by atoms with Crippen molar-refractivity contribution < 1.29 is 116 Å². The van der Waals surface area contributed by atoms with Gasteiger partial charge in [-0.15, -0.1) is 0 Å². The average molecular weight is 1930 g/mol. The Bertz CT molecular complexity index is 5540. The maximum atomic E-state index is 13.9. The van der Waals surface area contributed by atoms with E-state index in [1.54, 1.807) is 41.3 Å². The van der Waals surface area contributed by atoms with E-state index in [-0.39, 0.29) is 98.8 Å². The summed E-state index contributed by atoms with van der Waals surface area (Å²) in [5, 5.41) is 42.2. The summed E-state index contributed by atoms with van der Waals surface area (Å²) in [6.07, 6.45) is 13.0. The van der Waals surface area contributed by atoms with Gasteiger partial charge in [0.15, 0.2) is 13.2 Å². The number of carbonyl (C=O) groups excluding carboxylic acids is 7. The topological polar surface area (TPSA) is 345 Å². The van der Waals surface area contributed by atoms with Crippen molar-refractivity contribution in [3.8, 4) is 23.0 Å². The average Bonchev–Trinajstić information content (AvgIpc) is 0.708. The maximum absolute atomic E-state index is 13.9. The van der Waals surface area contributed by atoms with Crippen LogP contribution in [0.1, 0.15) is 184 Å². The second-order valence-electron chi connectivity index (χ2n) is 39.1. The number of hydrogen-bond donors (Lipinski definition) is 8. The van der Waals surface area contributed by atoms with Crippen molar-refractivity contribution in [3.05, 3.63) is 244 Å². The van der Waals surface area contributed by atoms with Gasteiger partial charge in [-0.2, -0.15) is 0 Å². The molecule has 4 unspecified atom stereocenters. The number of carbonyl (C=O) groups is 10. The summed E-state index contributed by atoms with van der Waals surface area (Å²) in [5.41, 5.74) is 10.5. The molecule has 4 atom stereocenters. The lowest BCUT2D eigenvalue weighted by Crippen LogP contribution is -3.00. The van der Waals surface area contributed by atoms with Gasteiger partial charge in [0.1, 0.15) is 68.4 Å². The second-order valence-corrected chi connectivity index (χ2v) is 39.1. The zero-order chi connectivity index (χ0) is 94.8. The summed E-state index contributed by atoms with van der Waals surface area (Å²) in [4.78, 5) is 131. The molecule has 31 heteroatoms. The first-order valence-corrected chi connectivity index (χ1v) is 47.9. The van der Waals surface area contributed by atoms with Gasteiger partial charge in [-0.3, -0.25) is 43.2 Å². The van der Waals surface area contributed by atoms with Crippen LogP contribution >= 0.6 is 0 Å². The summed E-state index contributed by atoms with van der Waals surface area (Å²) in [5.74, 6) is -0.177. The number of aliphatic carboxylic acids is 2.